The summed E-state index contributed by atoms with van der Waals surface area (Å²) in [6.07, 6.45) is 2.41. The number of nitrogens with one attached hydrogen (secondary N) is 2. The molecule has 146 valence electrons. The smallest absolute Gasteiger partial charge is 0.191 e. The molecule has 1 aromatic heterocycles. The van der Waals surface area contributed by atoms with Crippen molar-refractivity contribution in [3.63, 3.8) is 0 Å². The Kier molecular flexibility index (Phi) is 5.82. The number of aliphatic imine (C=N–C) groups is 1. The van der Waals surface area contributed by atoms with Crippen LogP contribution in [0.5, 0.6) is 0 Å². The molecule has 1 aromatic rings. The van der Waals surface area contributed by atoms with Crippen LogP contribution >= 0.6 is 0 Å². The molecule has 26 heavy (non-hydrogen) atoms. The Hall–Kier alpha value is -1.67. The van der Waals surface area contributed by atoms with E-state index in [0.717, 1.165) is 50.2 Å². The number of aromatic nitrogens is 3. The fourth-order valence-electron chi connectivity index (χ4n) is 4.08. The van der Waals surface area contributed by atoms with Crippen LogP contribution in [0.4, 0.5) is 0 Å². The zero-order valence-corrected chi connectivity index (χ0v) is 16.6. The number of ether oxygens (including phenoxy) is 2. The van der Waals surface area contributed by atoms with Crippen LogP contribution in [-0.4, -0.2) is 59.7 Å². The predicted octanol–water partition coefficient (Wildman–Crippen LogP) is 1.01. The van der Waals surface area contributed by atoms with Gasteiger partial charge >= 0.3 is 0 Å². The number of methoxy groups -OCH3 is 1. The van der Waals surface area contributed by atoms with Crippen molar-refractivity contribution in [1.29, 1.82) is 0 Å². The number of hydrogen-bond acceptors (Lipinski definition) is 5. The highest BCUT2D eigenvalue weighted by atomic mass is 16.5. The lowest BCUT2D eigenvalue weighted by Crippen LogP contribution is -2.68. The van der Waals surface area contributed by atoms with E-state index in [9.17, 15) is 0 Å². The highest BCUT2D eigenvalue weighted by Crippen LogP contribution is 2.52. The molecule has 3 atom stereocenters. The molecule has 0 radical (unpaired) electrons. The Morgan fingerprint density at radius 1 is 1.42 bits per heavy atom. The molecule has 0 amide bonds. The van der Waals surface area contributed by atoms with Gasteiger partial charge in [0.15, 0.2) is 11.8 Å². The first-order valence-electron chi connectivity index (χ1n) is 9.45. The summed E-state index contributed by atoms with van der Waals surface area (Å²) < 4.78 is 13.0. The van der Waals surface area contributed by atoms with Crippen molar-refractivity contribution in [3.8, 4) is 0 Å². The molecule has 0 aromatic carbocycles. The van der Waals surface area contributed by atoms with E-state index in [2.05, 4.69) is 34.7 Å². The second-order valence-electron chi connectivity index (χ2n) is 7.85. The Balaban J connectivity index is 1.66. The molecule has 0 bridgehead atoms. The van der Waals surface area contributed by atoms with Crippen LogP contribution in [0.15, 0.2) is 4.99 Å². The summed E-state index contributed by atoms with van der Waals surface area (Å²) in [6.45, 7) is 9.39. The van der Waals surface area contributed by atoms with Gasteiger partial charge in [-0.1, -0.05) is 13.8 Å². The largest absolute Gasteiger partial charge is 0.385 e. The average molecular weight is 364 g/mol. The molecule has 2 aliphatic rings. The summed E-state index contributed by atoms with van der Waals surface area (Å²) in [5, 5.41) is 15.4. The normalized spacial score (nSPS) is 27.1. The minimum atomic E-state index is 0.109. The van der Waals surface area contributed by atoms with Gasteiger partial charge in [-0.25, -0.2) is 4.99 Å². The maximum absolute atomic E-state index is 5.90. The highest BCUT2D eigenvalue weighted by molar-refractivity contribution is 5.80. The SMILES string of the molecule is COCCCNC(=NCc1nnc(C)n1C)NC1C2CCOC2C1(C)C. The Bertz CT molecular complexity index is 642. The number of hydrogen-bond donors (Lipinski definition) is 2. The lowest BCUT2D eigenvalue weighted by Gasteiger charge is -2.54. The maximum atomic E-state index is 5.90. The van der Waals surface area contributed by atoms with Crippen LogP contribution in [0.25, 0.3) is 0 Å². The summed E-state index contributed by atoms with van der Waals surface area (Å²) in [5.41, 5.74) is 0.109. The van der Waals surface area contributed by atoms with Gasteiger partial charge in [-0.3, -0.25) is 0 Å². The second kappa shape index (κ2) is 7.92. The van der Waals surface area contributed by atoms with Gasteiger partial charge in [0.1, 0.15) is 12.4 Å². The van der Waals surface area contributed by atoms with Crippen LogP contribution in [0.3, 0.4) is 0 Å². The Labute approximate surface area is 155 Å². The topological polar surface area (TPSA) is 85.6 Å². The van der Waals surface area contributed by atoms with E-state index in [1.165, 1.54) is 0 Å². The summed E-state index contributed by atoms with van der Waals surface area (Å²) in [4.78, 5) is 4.76. The molecule has 2 fully saturated rings. The van der Waals surface area contributed by atoms with Gasteiger partial charge in [0.25, 0.3) is 0 Å². The second-order valence-corrected chi connectivity index (χ2v) is 7.85. The average Bonchev–Trinajstić information content (AvgIpc) is 3.20. The van der Waals surface area contributed by atoms with Crippen molar-refractivity contribution in [3.05, 3.63) is 11.6 Å². The lowest BCUT2D eigenvalue weighted by atomic mass is 9.57. The third-order valence-electron chi connectivity index (χ3n) is 5.77. The highest BCUT2D eigenvalue weighted by Gasteiger charge is 2.59. The molecular weight excluding hydrogens is 332 g/mol. The zero-order valence-electron chi connectivity index (χ0n) is 16.6. The standard InChI is InChI=1S/C18H32N6O2/c1-12-22-23-14(24(12)4)11-20-17(19-8-6-9-25-5)21-15-13-7-10-26-16(13)18(15,2)3/h13,15-16H,6-11H2,1-5H3,(H2,19,20,21). The first kappa shape index (κ1) is 19.1. The van der Waals surface area contributed by atoms with E-state index >= 15 is 0 Å². The molecule has 1 saturated heterocycles. The molecule has 2 heterocycles. The number of aryl methyl sites for hydroxylation is 1. The monoisotopic (exact) mass is 364 g/mol. The van der Waals surface area contributed by atoms with Gasteiger partial charge in [-0.2, -0.15) is 0 Å². The summed E-state index contributed by atoms with van der Waals surface area (Å²) >= 11 is 0. The van der Waals surface area contributed by atoms with Crippen LogP contribution in [-0.2, 0) is 23.1 Å². The predicted molar refractivity (Wildman–Crippen MR) is 99.9 cm³/mol. The minimum Gasteiger partial charge on any atom is -0.385 e. The fourth-order valence-corrected chi connectivity index (χ4v) is 4.08. The first-order valence-corrected chi connectivity index (χ1v) is 9.45. The molecule has 3 rings (SSSR count). The molecular formula is C18H32N6O2. The van der Waals surface area contributed by atoms with E-state index in [1.807, 2.05) is 18.5 Å². The van der Waals surface area contributed by atoms with Crippen molar-refractivity contribution in [1.82, 2.24) is 25.4 Å². The van der Waals surface area contributed by atoms with Crippen molar-refractivity contribution >= 4 is 5.96 Å². The number of nitrogens with zero attached hydrogens (tertiary/aromatic N) is 4. The molecule has 1 saturated carbocycles. The first-order chi connectivity index (χ1) is 12.4. The fraction of sp³-hybridized carbons (Fsp3) is 0.833. The quantitative estimate of drug-likeness (QED) is 0.427. The van der Waals surface area contributed by atoms with E-state index in [4.69, 9.17) is 14.5 Å². The number of rotatable bonds is 7. The van der Waals surface area contributed by atoms with Gasteiger partial charge in [-0.05, 0) is 19.8 Å². The van der Waals surface area contributed by atoms with Crippen LogP contribution in [0.1, 0.15) is 38.3 Å². The maximum Gasteiger partial charge on any atom is 0.191 e. The van der Waals surface area contributed by atoms with Gasteiger partial charge in [0.05, 0.1) is 6.10 Å². The van der Waals surface area contributed by atoms with E-state index in [0.29, 0.717) is 24.6 Å². The van der Waals surface area contributed by atoms with Gasteiger partial charge < -0.3 is 24.7 Å². The molecule has 8 nitrogen and oxygen atoms in total. The Morgan fingerprint density at radius 3 is 2.92 bits per heavy atom. The van der Waals surface area contributed by atoms with Gasteiger partial charge in [0, 0.05) is 51.3 Å². The number of guanidine groups is 1. The lowest BCUT2D eigenvalue weighted by molar-refractivity contribution is -0.106. The third kappa shape index (κ3) is 3.71. The van der Waals surface area contributed by atoms with Crippen LogP contribution in [0.2, 0.25) is 0 Å². The molecule has 3 unspecified atom stereocenters. The molecule has 8 heteroatoms. The minimum absolute atomic E-state index is 0.109. The van der Waals surface area contributed by atoms with E-state index < -0.39 is 0 Å². The van der Waals surface area contributed by atoms with Crippen LogP contribution in [0, 0.1) is 18.3 Å². The molecule has 1 aliphatic carbocycles. The summed E-state index contributed by atoms with van der Waals surface area (Å²) in [6, 6.07) is 0.366. The molecule has 0 spiro atoms. The van der Waals surface area contributed by atoms with Gasteiger partial charge in [0.2, 0.25) is 0 Å². The summed E-state index contributed by atoms with van der Waals surface area (Å²) in [7, 11) is 3.69. The van der Waals surface area contributed by atoms with E-state index in [1.54, 1.807) is 7.11 Å². The van der Waals surface area contributed by atoms with Crippen molar-refractivity contribution < 1.29 is 9.47 Å². The zero-order chi connectivity index (χ0) is 18.7. The summed E-state index contributed by atoms with van der Waals surface area (Å²) in [5.74, 6) is 3.14. The van der Waals surface area contributed by atoms with Crippen LogP contribution < -0.4 is 10.6 Å². The molecule has 1 aliphatic heterocycles. The number of fused-ring (bicyclic) bond motifs is 1. The molecule has 2 N–H and O–H groups in total. The van der Waals surface area contributed by atoms with E-state index in [-0.39, 0.29) is 5.41 Å². The van der Waals surface area contributed by atoms with Crippen molar-refractivity contribution in [2.24, 2.45) is 23.4 Å². The van der Waals surface area contributed by atoms with Crippen molar-refractivity contribution in [2.45, 2.75) is 52.3 Å². The Morgan fingerprint density at radius 2 is 2.23 bits per heavy atom. The third-order valence-corrected chi connectivity index (χ3v) is 5.77. The van der Waals surface area contributed by atoms with Gasteiger partial charge in [-0.15, -0.1) is 10.2 Å². The van der Waals surface area contributed by atoms with Crippen molar-refractivity contribution in [2.75, 3.05) is 26.9 Å².